The lowest BCUT2D eigenvalue weighted by Gasteiger charge is -2.22. The second kappa shape index (κ2) is 5.32. The van der Waals surface area contributed by atoms with Gasteiger partial charge in [-0.2, -0.15) is 0 Å². The largest absolute Gasteiger partial charge is 0.388 e. The molecule has 0 amide bonds. The van der Waals surface area contributed by atoms with E-state index in [0.29, 0.717) is 0 Å². The van der Waals surface area contributed by atoms with Crippen LogP contribution in [0.1, 0.15) is 37.5 Å². The summed E-state index contributed by atoms with van der Waals surface area (Å²) in [4.78, 5) is 0. The molecule has 0 radical (unpaired) electrons. The van der Waals surface area contributed by atoms with Crippen molar-refractivity contribution in [3.8, 4) is 11.1 Å². The molecular weight excluding hydrogens is 242 g/mol. The molecule has 0 spiro atoms. The van der Waals surface area contributed by atoms with Crippen LogP contribution >= 0.6 is 0 Å². The van der Waals surface area contributed by atoms with Crippen molar-refractivity contribution in [3.05, 3.63) is 53.1 Å². The van der Waals surface area contributed by atoms with Gasteiger partial charge in [-0.25, -0.2) is 0 Å². The van der Waals surface area contributed by atoms with E-state index in [1.54, 1.807) is 0 Å². The molecule has 1 nitrogen and oxygen atoms in total. The van der Waals surface area contributed by atoms with E-state index in [2.05, 4.69) is 76.3 Å². The Bertz CT molecular complexity index is 595. The van der Waals surface area contributed by atoms with Gasteiger partial charge in [-0.1, -0.05) is 45.0 Å². The van der Waals surface area contributed by atoms with Gasteiger partial charge in [0.2, 0.25) is 0 Å². The van der Waals surface area contributed by atoms with Crippen molar-refractivity contribution in [2.45, 2.75) is 40.0 Å². The first-order valence-corrected chi connectivity index (χ1v) is 7.23. The van der Waals surface area contributed by atoms with Gasteiger partial charge in [0.1, 0.15) is 0 Å². The van der Waals surface area contributed by atoms with Gasteiger partial charge in [-0.3, -0.25) is 0 Å². The molecule has 0 aromatic heterocycles. The average molecular weight is 267 g/mol. The molecule has 0 saturated heterocycles. The van der Waals surface area contributed by atoms with Crippen molar-refractivity contribution >= 4 is 5.69 Å². The van der Waals surface area contributed by atoms with Crippen molar-refractivity contribution in [2.24, 2.45) is 0 Å². The highest BCUT2D eigenvalue weighted by atomic mass is 14.8. The van der Waals surface area contributed by atoms with Crippen LogP contribution in [0.4, 0.5) is 5.69 Å². The lowest BCUT2D eigenvalue weighted by molar-refractivity contribution is 0.589. The second-order valence-corrected chi connectivity index (χ2v) is 6.57. The van der Waals surface area contributed by atoms with E-state index in [9.17, 15) is 0 Å². The number of hydrogen-bond donors (Lipinski definition) is 1. The van der Waals surface area contributed by atoms with Crippen molar-refractivity contribution in [2.75, 3.05) is 12.4 Å². The van der Waals surface area contributed by atoms with Gasteiger partial charge in [0, 0.05) is 12.7 Å². The summed E-state index contributed by atoms with van der Waals surface area (Å²) >= 11 is 0. The van der Waals surface area contributed by atoms with Crippen LogP contribution in [0.2, 0.25) is 0 Å². The van der Waals surface area contributed by atoms with Gasteiger partial charge in [-0.05, 0) is 59.2 Å². The Hall–Kier alpha value is -1.76. The first-order valence-electron chi connectivity index (χ1n) is 7.23. The molecule has 2 rings (SSSR count). The van der Waals surface area contributed by atoms with Crippen molar-refractivity contribution in [3.63, 3.8) is 0 Å². The first kappa shape index (κ1) is 14.6. The van der Waals surface area contributed by atoms with E-state index in [0.717, 1.165) is 5.69 Å². The molecule has 106 valence electrons. The minimum atomic E-state index is 0.195. The summed E-state index contributed by atoms with van der Waals surface area (Å²) in [6.45, 7) is 11.2. The summed E-state index contributed by atoms with van der Waals surface area (Å²) < 4.78 is 0. The summed E-state index contributed by atoms with van der Waals surface area (Å²) in [5, 5.41) is 3.21. The fourth-order valence-corrected chi connectivity index (χ4v) is 2.68. The van der Waals surface area contributed by atoms with Crippen LogP contribution in [-0.2, 0) is 5.41 Å². The summed E-state index contributed by atoms with van der Waals surface area (Å²) in [5.41, 5.74) is 8.09. The summed E-state index contributed by atoms with van der Waals surface area (Å²) in [6.07, 6.45) is 0. The highest BCUT2D eigenvalue weighted by Gasteiger charge is 2.16. The molecule has 0 unspecified atom stereocenters. The predicted octanol–water partition coefficient (Wildman–Crippen LogP) is 5.31. The number of benzene rings is 2. The molecule has 0 aliphatic carbocycles. The Morgan fingerprint density at radius 2 is 1.50 bits per heavy atom. The SMILES string of the molecule is CNc1cccc(-c2c(C)cc(C(C)(C)C)cc2C)c1. The zero-order chi connectivity index (χ0) is 14.9. The third-order valence-electron chi connectivity index (χ3n) is 3.84. The first-order chi connectivity index (χ1) is 9.32. The molecule has 0 aliphatic rings. The standard InChI is InChI=1S/C19H25N/c1-13-10-16(19(3,4)5)11-14(2)18(13)15-8-7-9-17(12-15)20-6/h7-12,20H,1-6H3. The van der Waals surface area contributed by atoms with E-state index in [1.807, 2.05) is 7.05 Å². The average Bonchev–Trinajstić information content (AvgIpc) is 2.37. The topological polar surface area (TPSA) is 12.0 Å². The molecule has 1 heteroatoms. The smallest absolute Gasteiger partial charge is 0.0343 e. The van der Waals surface area contributed by atoms with Crippen LogP contribution in [0, 0.1) is 13.8 Å². The predicted molar refractivity (Wildman–Crippen MR) is 89.6 cm³/mol. The van der Waals surface area contributed by atoms with Gasteiger partial charge >= 0.3 is 0 Å². The molecule has 2 aromatic carbocycles. The molecule has 1 N–H and O–H groups in total. The van der Waals surface area contributed by atoms with Gasteiger partial charge < -0.3 is 5.32 Å². The fraction of sp³-hybridized carbons (Fsp3) is 0.368. The molecular formula is C19H25N. The van der Waals surface area contributed by atoms with Crippen LogP contribution in [0.25, 0.3) is 11.1 Å². The lowest BCUT2D eigenvalue weighted by atomic mass is 9.82. The fourth-order valence-electron chi connectivity index (χ4n) is 2.68. The van der Waals surface area contributed by atoms with E-state index in [1.165, 1.54) is 27.8 Å². The van der Waals surface area contributed by atoms with Gasteiger partial charge in [0.15, 0.2) is 0 Å². The summed E-state index contributed by atoms with van der Waals surface area (Å²) in [7, 11) is 1.96. The maximum atomic E-state index is 3.21. The Morgan fingerprint density at radius 3 is 2.00 bits per heavy atom. The monoisotopic (exact) mass is 267 g/mol. The van der Waals surface area contributed by atoms with Crippen molar-refractivity contribution in [1.29, 1.82) is 0 Å². The molecule has 0 bridgehead atoms. The number of hydrogen-bond acceptors (Lipinski definition) is 1. The molecule has 2 aromatic rings. The number of anilines is 1. The third-order valence-corrected chi connectivity index (χ3v) is 3.84. The van der Waals surface area contributed by atoms with Crippen molar-refractivity contribution < 1.29 is 0 Å². The normalized spacial score (nSPS) is 11.5. The molecule has 0 fully saturated rings. The van der Waals surface area contributed by atoms with Gasteiger partial charge in [0.25, 0.3) is 0 Å². The van der Waals surface area contributed by atoms with E-state index < -0.39 is 0 Å². The van der Waals surface area contributed by atoms with Crippen LogP contribution in [0.5, 0.6) is 0 Å². The minimum absolute atomic E-state index is 0.195. The summed E-state index contributed by atoms with van der Waals surface area (Å²) in [5.74, 6) is 0. The molecule has 0 aliphatic heterocycles. The van der Waals surface area contributed by atoms with Crippen LogP contribution in [-0.4, -0.2) is 7.05 Å². The highest BCUT2D eigenvalue weighted by Crippen LogP contribution is 2.33. The quantitative estimate of drug-likeness (QED) is 0.777. The number of nitrogens with one attached hydrogen (secondary N) is 1. The zero-order valence-corrected chi connectivity index (χ0v) is 13.5. The molecule has 0 saturated carbocycles. The number of aryl methyl sites for hydroxylation is 2. The second-order valence-electron chi connectivity index (χ2n) is 6.57. The zero-order valence-electron chi connectivity index (χ0n) is 13.5. The van der Waals surface area contributed by atoms with E-state index in [-0.39, 0.29) is 5.41 Å². The van der Waals surface area contributed by atoms with Crippen LogP contribution < -0.4 is 5.32 Å². The number of rotatable bonds is 2. The van der Waals surface area contributed by atoms with Crippen molar-refractivity contribution in [1.82, 2.24) is 0 Å². The maximum absolute atomic E-state index is 3.21. The van der Waals surface area contributed by atoms with E-state index >= 15 is 0 Å². The molecule has 0 heterocycles. The Morgan fingerprint density at radius 1 is 0.900 bits per heavy atom. The minimum Gasteiger partial charge on any atom is -0.388 e. The lowest BCUT2D eigenvalue weighted by Crippen LogP contribution is -2.12. The van der Waals surface area contributed by atoms with Gasteiger partial charge in [-0.15, -0.1) is 0 Å². The highest BCUT2D eigenvalue weighted by molar-refractivity contribution is 5.74. The molecule has 20 heavy (non-hydrogen) atoms. The van der Waals surface area contributed by atoms with Crippen LogP contribution in [0.15, 0.2) is 36.4 Å². The Balaban J connectivity index is 2.58. The summed E-state index contributed by atoms with van der Waals surface area (Å²) in [6, 6.07) is 13.3. The van der Waals surface area contributed by atoms with Crippen LogP contribution in [0.3, 0.4) is 0 Å². The Kier molecular flexibility index (Phi) is 3.89. The maximum Gasteiger partial charge on any atom is 0.0343 e. The third kappa shape index (κ3) is 2.87. The Labute approximate surface area is 123 Å². The molecule has 0 atom stereocenters. The van der Waals surface area contributed by atoms with E-state index in [4.69, 9.17) is 0 Å². The van der Waals surface area contributed by atoms with Gasteiger partial charge in [0.05, 0.1) is 0 Å².